The first kappa shape index (κ1) is 19.6. The summed E-state index contributed by atoms with van der Waals surface area (Å²) in [5.74, 6) is -0.333. The van der Waals surface area contributed by atoms with Gasteiger partial charge in [-0.2, -0.15) is 0 Å². The van der Waals surface area contributed by atoms with Crippen LogP contribution in [0.2, 0.25) is 5.02 Å². The number of aromatic nitrogens is 1. The first-order chi connectivity index (χ1) is 14.1. The highest BCUT2D eigenvalue weighted by Gasteiger charge is 2.26. The second kappa shape index (κ2) is 8.76. The van der Waals surface area contributed by atoms with E-state index in [-0.39, 0.29) is 24.2 Å². The Morgan fingerprint density at radius 1 is 1.24 bits per heavy atom. The molecular weight excluding hydrogens is 406 g/mol. The Labute approximate surface area is 178 Å². The molecule has 29 heavy (non-hydrogen) atoms. The molecule has 0 radical (unpaired) electrons. The summed E-state index contributed by atoms with van der Waals surface area (Å²) in [7, 11) is 0. The SMILES string of the molecule is O=C(CCC1Cc2ccccc2NC1=O)Nc1ncc(Cc2cccc(Cl)c2)s1. The fourth-order valence-corrected chi connectivity index (χ4v) is 4.50. The summed E-state index contributed by atoms with van der Waals surface area (Å²) in [5, 5.41) is 7.05. The minimum absolute atomic E-state index is 0.0189. The highest BCUT2D eigenvalue weighted by molar-refractivity contribution is 7.15. The van der Waals surface area contributed by atoms with Crippen molar-refractivity contribution in [1.29, 1.82) is 0 Å². The lowest BCUT2D eigenvalue weighted by molar-refractivity contribution is -0.121. The molecule has 1 aromatic heterocycles. The van der Waals surface area contributed by atoms with Gasteiger partial charge >= 0.3 is 0 Å². The van der Waals surface area contributed by atoms with Crippen LogP contribution in [0.1, 0.15) is 28.8 Å². The molecule has 1 atom stereocenters. The maximum Gasteiger partial charge on any atom is 0.227 e. The van der Waals surface area contributed by atoms with Crippen molar-refractivity contribution in [2.75, 3.05) is 10.6 Å². The van der Waals surface area contributed by atoms with Gasteiger partial charge in [-0.15, -0.1) is 11.3 Å². The third kappa shape index (κ3) is 5.02. The van der Waals surface area contributed by atoms with Crippen LogP contribution >= 0.6 is 22.9 Å². The van der Waals surface area contributed by atoms with E-state index in [0.717, 1.165) is 28.1 Å². The molecule has 5 nitrogen and oxygen atoms in total. The number of hydrogen-bond donors (Lipinski definition) is 2. The van der Waals surface area contributed by atoms with Crippen molar-refractivity contribution in [2.45, 2.75) is 25.7 Å². The van der Waals surface area contributed by atoms with E-state index in [2.05, 4.69) is 15.6 Å². The van der Waals surface area contributed by atoms with Gasteiger partial charge in [0.05, 0.1) is 0 Å². The number of halogens is 1. The summed E-state index contributed by atoms with van der Waals surface area (Å²) in [4.78, 5) is 29.9. The average molecular weight is 426 g/mol. The van der Waals surface area contributed by atoms with Crippen LogP contribution in [-0.4, -0.2) is 16.8 Å². The van der Waals surface area contributed by atoms with Crippen LogP contribution in [0.3, 0.4) is 0 Å². The standard InChI is InChI=1S/C22H20ClN3O2S/c23-17-6-3-4-14(10-17)11-18-13-24-22(29-18)26-20(27)9-8-16-12-15-5-1-2-7-19(15)25-21(16)28/h1-7,10,13,16H,8-9,11-12H2,(H,25,28)(H,24,26,27). The Bertz CT molecular complexity index is 1050. The number of para-hydroxylation sites is 1. The highest BCUT2D eigenvalue weighted by Crippen LogP contribution is 2.28. The van der Waals surface area contributed by atoms with E-state index >= 15 is 0 Å². The van der Waals surface area contributed by atoms with Gasteiger partial charge in [0.1, 0.15) is 0 Å². The van der Waals surface area contributed by atoms with Crippen LogP contribution in [0.4, 0.5) is 10.8 Å². The first-order valence-corrected chi connectivity index (χ1v) is 10.6. The third-order valence-electron chi connectivity index (χ3n) is 4.90. The summed E-state index contributed by atoms with van der Waals surface area (Å²) >= 11 is 7.47. The van der Waals surface area contributed by atoms with E-state index in [1.807, 2.05) is 48.5 Å². The smallest absolute Gasteiger partial charge is 0.227 e. The molecule has 2 amide bonds. The molecule has 7 heteroatoms. The predicted octanol–water partition coefficient (Wildman–Crippen LogP) is 4.92. The minimum Gasteiger partial charge on any atom is -0.326 e. The molecule has 1 aliphatic heterocycles. The normalized spacial score (nSPS) is 15.5. The number of anilines is 2. The number of amides is 2. The van der Waals surface area contributed by atoms with Crippen LogP contribution in [0.5, 0.6) is 0 Å². The fourth-order valence-electron chi connectivity index (χ4n) is 3.43. The molecule has 1 aliphatic rings. The molecule has 0 spiro atoms. The molecule has 2 N–H and O–H groups in total. The van der Waals surface area contributed by atoms with E-state index in [1.165, 1.54) is 11.3 Å². The van der Waals surface area contributed by atoms with E-state index in [4.69, 9.17) is 11.6 Å². The van der Waals surface area contributed by atoms with Gasteiger partial charge < -0.3 is 10.6 Å². The molecule has 0 saturated heterocycles. The number of nitrogens with zero attached hydrogens (tertiary/aromatic N) is 1. The first-order valence-electron chi connectivity index (χ1n) is 9.44. The minimum atomic E-state index is -0.190. The van der Waals surface area contributed by atoms with Crippen molar-refractivity contribution in [1.82, 2.24) is 4.98 Å². The lowest BCUT2D eigenvalue weighted by Gasteiger charge is -2.24. The maximum atomic E-state index is 12.3. The Balaban J connectivity index is 1.29. The maximum absolute atomic E-state index is 12.3. The molecule has 148 valence electrons. The summed E-state index contributed by atoms with van der Waals surface area (Å²) in [6.45, 7) is 0. The number of fused-ring (bicyclic) bond motifs is 1. The lowest BCUT2D eigenvalue weighted by atomic mass is 9.89. The van der Waals surface area contributed by atoms with Gasteiger partial charge in [-0.05, 0) is 42.2 Å². The molecular formula is C22H20ClN3O2S. The number of hydrogen-bond acceptors (Lipinski definition) is 4. The van der Waals surface area contributed by atoms with E-state index in [0.29, 0.717) is 23.0 Å². The zero-order chi connectivity index (χ0) is 20.2. The summed E-state index contributed by atoms with van der Waals surface area (Å²) in [6, 6.07) is 15.5. The van der Waals surface area contributed by atoms with Crippen LogP contribution in [-0.2, 0) is 22.4 Å². The molecule has 4 rings (SSSR count). The van der Waals surface area contributed by atoms with Crippen molar-refractivity contribution >= 4 is 45.6 Å². The topological polar surface area (TPSA) is 71.1 Å². The Hall–Kier alpha value is -2.70. The van der Waals surface area contributed by atoms with Crippen molar-refractivity contribution in [2.24, 2.45) is 5.92 Å². The number of carbonyl (C=O) groups is 2. The zero-order valence-corrected chi connectivity index (χ0v) is 17.2. The largest absolute Gasteiger partial charge is 0.326 e. The quantitative estimate of drug-likeness (QED) is 0.589. The van der Waals surface area contributed by atoms with Crippen LogP contribution in [0.25, 0.3) is 0 Å². The number of thiazole rings is 1. The number of carbonyl (C=O) groups excluding carboxylic acids is 2. The zero-order valence-electron chi connectivity index (χ0n) is 15.7. The molecule has 2 heterocycles. The number of nitrogens with one attached hydrogen (secondary N) is 2. The van der Waals surface area contributed by atoms with E-state index in [1.54, 1.807) is 6.20 Å². The number of rotatable bonds is 6. The van der Waals surface area contributed by atoms with Gasteiger partial charge in [0.15, 0.2) is 5.13 Å². The van der Waals surface area contributed by atoms with Crippen LogP contribution in [0.15, 0.2) is 54.7 Å². The van der Waals surface area contributed by atoms with Gasteiger partial charge in [-0.25, -0.2) is 4.98 Å². The Morgan fingerprint density at radius 2 is 2.10 bits per heavy atom. The average Bonchev–Trinajstić information content (AvgIpc) is 3.13. The van der Waals surface area contributed by atoms with Crippen molar-refractivity contribution in [3.63, 3.8) is 0 Å². The molecule has 0 fully saturated rings. The van der Waals surface area contributed by atoms with Crippen LogP contribution in [0, 0.1) is 5.92 Å². The fraction of sp³-hybridized carbons (Fsp3) is 0.227. The molecule has 3 aromatic rings. The second-order valence-electron chi connectivity index (χ2n) is 7.07. The van der Waals surface area contributed by atoms with Gasteiger partial charge in [-0.1, -0.05) is 41.9 Å². The third-order valence-corrected chi connectivity index (χ3v) is 6.05. The van der Waals surface area contributed by atoms with Crippen LogP contribution < -0.4 is 10.6 Å². The van der Waals surface area contributed by atoms with Crippen molar-refractivity contribution in [3.05, 3.63) is 75.8 Å². The molecule has 2 aromatic carbocycles. The van der Waals surface area contributed by atoms with E-state index < -0.39 is 0 Å². The van der Waals surface area contributed by atoms with Crippen molar-refractivity contribution in [3.8, 4) is 0 Å². The molecule has 0 bridgehead atoms. The predicted molar refractivity (Wildman–Crippen MR) is 117 cm³/mol. The van der Waals surface area contributed by atoms with E-state index in [9.17, 15) is 9.59 Å². The summed E-state index contributed by atoms with van der Waals surface area (Å²) in [6.07, 6.45) is 3.94. The Morgan fingerprint density at radius 3 is 2.97 bits per heavy atom. The lowest BCUT2D eigenvalue weighted by Crippen LogP contribution is -2.30. The molecule has 0 aliphatic carbocycles. The Kier molecular flexibility index (Phi) is 5.92. The summed E-state index contributed by atoms with van der Waals surface area (Å²) < 4.78 is 0. The summed E-state index contributed by atoms with van der Waals surface area (Å²) in [5.41, 5.74) is 3.08. The molecule has 0 saturated carbocycles. The molecule has 1 unspecified atom stereocenters. The van der Waals surface area contributed by atoms with Gasteiger partial charge in [0.25, 0.3) is 0 Å². The van der Waals surface area contributed by atoms with Gasteiger partial charge in [-0.3, -0.25) is 9.59 Å². The number of benzene rings is 2. The monoisotopic (exact) mass is 425 g/mol. The van der Waals surface area contributed by atoms with Crippen molar-refractivity contribution < 1.29 is 9.59 Å². The highest BCUT2D eigenvalue weighted by atomic mass is 35.5. The second-order valence-corrected chi connectivity index (χ2v) is 8.62. The van der Waals surface area contributed by atoms with Gasteiger partial charge in [0.2, 0.25) is 11.8 Å². The van der Waals surface area contributed by atoms with Gasteiger partial charge in [0, 0.05) is 40.5 Å².